The Morgan fingerprint density at radius 1 is 1.33 bits per heavy atom. The first kappa shape index (κ1) is 12.7. The molecule has 0 amide bonds. The van der Waals surface area contributed by atoms with Crippen LogP contribution in [0, 0.1) is 0 Å². The molecule has 1 aromatic carbocycles. The Hall–Kier alpha value is -1.71. The summed E-state index contributed by atoms with van der Waals surface area (Å²) in [6, 6.07) is 6.18. The van der Waals surface area contributed by atoms with Crippen molar-refractivity contribution >= 4 is 17.3 Å². The van der Waals surface area contributed by atoms with E-state index in [0.717, 1.165) is 18.5 Å². The van der Waals surface area contributed by atoms with Crippen molar-refractivity contribution < 1.29 is 9.90 Å². The number of carbonyl (C=O) groups is 1. The van der Waals surface area contributed by atoms with E-state index in [4.69, 9.17) is 10.8 Å². The van der Waals surface area contributed by atoms with Crippen LogP contribution in [-0.4, -0.2) is 23.2 Å². The van der Waals surface area contributed by atoms with Crippen molar-refractivity contribution in [2.45, 2.75) is 45.2 Å². The zero-order valence-electron chi connectivity index (χ0n) is 10.9. The Balaban J connectivity index is 2.38. The van der Waals surface area contributed by atoms with E-state index in [-0.39, 0.29) is 5.56 Å². The second-order valence-electron chi connectivity index (χ2n) is 5.11. The highest BCUT2D eigenvalue weighted by molar-refractivity contribution is 5.94. The van der Waals surface area contributed by atoms with Crippen molar-refractivity contribution in [3.63, 3.8) is 0 Å². The Kier molecular flexibility index (Phi) is 3.45. The summed E-state index contributed by atoms with van der Waals surface area (Å²) < 4.78 is 0. The smallest absolute Gasteiger partial charge is 0.337 e. The van der Waals surface area contributed by atoms with Gasteiger partial charge in [-0.15, -0.1) is 0 Å². The molecular weight excluding hydrogens is 228 g/mol. The molecule has 1 aromatic rings. The molecule has 1 fully saturated rings. The molecule has 0 unspecified atom stereocenters. The molecule has 1 heterocycles. The van der Waals surface area contributed by atoms with Crippen LogP contribution in [0.1, 0.15) is 43.5 Å². The normalized spacial score (nSPS) is 24.0. The maximum absolute atomic E-state index is 11.1. The second kappa shape index (κ2) is 4.88. The standard InChI is InChI=1S/C14H20N2O2/c1-9-4-3-5-10(2)16(9)11-6-7-13(15)12(8-11)14(17)18/h6-10H,3-5,15H2,1-2H3,(H,17,18)/t9-,10+. The highest BCUT2D eigenvalue weighted by Gasteiger charge is 2.25. The molecule has 0 spiro atoms. The van der Waals surface area contributed by atoms with Gasteiger partial charge < -0.3 is 15.7 Å². The third-order valence-electron chi connectivity index (χ3n) is 3.76. The average molecular weight is 248 g/mol. The molecular formula is C14H20N2O2. The molecule has 0 saturated carbocycles. The number of hydrogen-bond acceptors (Lipinski definition) is 3. The average Bonchev–Trinajstić information content (AvgIpc) is 2.30. The molecule has 1 saturated heterocycles. The molecule has 1 aliphatic rings. The fraction of sp³-hybridized carbons (Fsp3) is 0.500. The minimum Gasteiger partial charge on any atom is -0.478 e. The molecule has 3 N–H and O–H groups in total. The molecule has 4 nitrogen and oxygen atoms in total. The summed E-state index contributed by atoms with van der Waals surface area (Å²) in [5, 5.41) is 9.12. The van der Waals surface area contributed by atoms with Crippen LogP contribution < -0.4 is 10.6 Å². The lowest BCUT2D eigenvalue weighted by atomic mass is 9.96. The van der Waals surface area contributed by atoms with Gasteiger partial charge in [0, 0.05) is 23.5 Å². The van der Waals surface area contributed by atoms with Crippen molar-refractivity contribution in [2.24, 2.45) is 0 Å². The predicted octanol–water partition coefficient (Wildman–Crippen LogP) is 2.73. The second-order valence-corrected chi connectivity index (χ2v) is 5.11. The Morgan fingerprint density at radius 3 is 2.50 bits per heavy atom. The van der Waals surface area contributed by atoms with Crippen LogP contribution in [0.2, 0.25) is 0 Å². The van der Waals surface area contributed by atoms with Gasteiger partial charge in [-0.1, -0.05) is 0 Å². The molecule has 2 rings (SSSR count). The van der Waals surface area contributed by atoms with Crippen molar-refractivity contribution in [3.8, 4) is 0 Å². The van der Waals surface area contributed by atoms with Crippen LogP contribution in [-0.2, 0) is 0 Å². The maximum atomic E-state index is 11.1. The van der Waals surface area contributed by atoms with E-state index in [0.29, 0.717) is 17.8 Å². The monoisotopic (exact) mass is 248 g/mol. The van der Waals surface area contributed by atoms with E-state index in [2.05, 4.69) is 18.7 Å². The number of carboxylic acids is 1. The van der Waals surface area contributed by atoms with Crippen LogP contribution in [0.15, 0.2) is 18.2 Å². The Bertz CT molecular complexity index is 449. The number of carboxylic acid groups (broad SMARTS) is 1. The van der Waals surface area contributed by atoms with E-state index in [1.54, 1.807) is 12.1 Å². The Labute approximate surface area is 107 Å². The minimum atomic E-state index is -0.966. The predicted molar refractivity (Wildman–Crippen MR) is 73.1 cm³/mol. The summed E-state index contributed by atoms with van der Waals surface area (Å²) in [5.41, 5.74) is 7.16. The number of piperidine rings is 1. The molecule has 0 aromatic heterocycles. The summed E-state index contributed by atoms with van der Waals surface area (Å²) >= 11 is 0. The molecule has 0 aliphatic carbocycles. The fourth-order valence-corrected chi connectivity index (χ4v) is 2.82. The van der Waals surface area contributed by atoms with E-state index in [1.807, 2.05) is 6.07 Å². The first-order chi connectivity index (χ1) is 8.50. The van der Waals surface area contributed by atoms with E-state index < -0.39 is 5.97 Å². The number of benzene rings is 1. The van der Waals surface area contributed by atoms with Gasteiger partial charge in [-0.2, -0.15) is 0 Å². The largest absolute Gasteiger partial charge is 0.478 e. The van der Waals surface area contributed by atoms with Gasteiger partial charge in [0.1, 0.15) is 0 Å². The lowest BCUT2D eigenvalue weighted by Gasteiger charge is -2.41. The number of hydrogen-bond donors (Lipinski definition) is 2. The van der Waals surface area contributed by atoms with Gasteiger partial charge in [-0.05, 0) is 51.3 Å². The van der Waals surface area contributed by atoms with Crippen LogP contribution >= 0.6 is 0 Å². The van der Waals surface area contributed by atoms with Gasteiger partial charge in [0.2, 0.25) is 0 Å². The SMILES string of the molecule is C[C@@H]1CCC[C@H](C)N1c1ccc(N)c(C(=O)O)c1. The molecule has 1 aliphatic heterocycles. The molecule has 98 valence electrons. The van der Waals surface area contributed by atoms with Crippen molar-refractivity contribution in [1.82, 2.24) is 0 Å². The summed E-state index contributed by atoms with van der Waals surface area (Å²) in [7, 11) is 0. The van der Waals surface area contributed by atoms with Crippen LogP contribution in [0.25, 0.3) is 0 Å². The van der Waals surface area contributed by atoms with Gasteiger partial charge in [0.25, 0.3) is 0 Å². The van der Waals surface area contributed by atoms with E-state index in [9.17, 15) is 4.79 Å². The highest BCUT2D eigenvalue weighted by atomic mass is 16.4. The minimum absolute atomic E-state index is 0.192. The molecule has 0 bridgehead atoms. The van der Waals surface area contributed by atoms with Crippen LogP contribution in [0.4, 0.5) is 11.4 Å². The number of rotatable bonds is 2. The topological polar surface area (TPSA) is 66.6 Å². The molecule has 0 radical (unpaired) electrons. The molecule has 18 heavy (non-hydrogen) atoms. The van der Waals surface area contributed by atoms with Gasteiger partial charge in [-0.3, -0.25) is 0 Å². The lowest BCUT2D eigenvalue weighted by molar-refractivity contribution is 0.0698. The highest BCUT2D eigenvalue weighted by Crippen LogP contribution is 2.30. The zero-order valence-corrected chi connectivity index (χ0v) is 10.9. The third-order valence-corrected chi connectivity index (χ3v) is 3.76. The molecule has 2 atom stereocenters. The number of nitrogens with zero attached hydrogens (tertiary/aromatic N) is 1. The van der Waals surface area contributed by atoms with Gasteiger partial charge >= 0.3 is 5.97 Å². The Morgan fingerprint density at radius 2 is 1.94 bits per heavy atom. The van der Waals surface area contributed by atoms with Crippen LogP contribution in [0.3, 0.4) is 0 Å². The van der Waals surface area contributed by atoms with Crippen molar-refractivity contribution in [2.75, 3.05) is 10.6 Å². The fourth-order valence-electron chi connectivity index (χ4n) is 2.82. The third kappa shape index (κ3) is 2.28. The summed E-state index contributed by atoms with van der Waals surface area (Å²) in [4.78, 5) is 13.4. The van der Waals surface area contributed by atoms with Gasteiger partial charge in [0.05, 0.1) is 5.56 Å². The first-order valence-corrected chi connectivity index (χ1v) is 6.42. The number of nitrogen functional groups attached to an aromatic ring is 1. The number of aromatic carboxylic acids is 1. The summed E-state index contributed by atoms with van der Waals surface area (Å²) in [6.07, 6.45) is 3.54. The first-order valence-electron chi connectivity index (χ1n) is 6.42. The maximum Gasteiger partial charge on any atom is 0.337 e. The van der Waals surface area contributed by atoms with Gasteiger partial charge in [0.15, 0.2) is 0 Å². The summed E-state index contributed by atoms with van der Waals surface area (Å²) in [5.74, 6) is -0.966. The lowest BCUT2D eigenvalue weighted by Crippen LogP contribution is -2.43. The number of nitrogens with two attached hydrogens (primary N) is 1. The number of anilines is 2. The van der Waals surface area contributed by atoms with E-state index >= 15 is 0 Å². The quantitative estimate of drug-likeness (QED) is 0.790. The van der Waals surface area contributed by atoms with Crippen molar-refractivity contribution in [3.05, 3.63) is 23.8 Å². The van der Waals surface area contributed by atoms with E-state index in [1.165, 1.54) is 6.42 Å². The summed E-state index contributed by atoms with van der Waals surface area (Å²) in [6.45, 7) is 4.37. The zero-order chi connectivity index (χ0) is 13.3. The van der Waals surface area contributed by atoms with Crippen LogP contribution in [0.5, 0.6) is 0 Å². The van der Waals surface area contributed by atoms with Crippen molar-refractivity contribution in [1.29, 1.82) is 0 Å². The van der Waals surface area contributed by atoms with Gasteiger partial charge in [-0.25, -0.2) is 4.79 Å². The molecule has 4 heteroatoms.